The molecule has 0 radical (unpaired) electrons. The molecule has 0 bridgehead atoms. The third kappa shape index (κ3) is 2.20. The van der Waals surface area contributed by atoms with E-state index < -0.39 is 0 Å². The largest absolute Gasteiger partial charge is 0.300 e. The summed E-state index contributed by atoms with van der Waals surface area (Å²) >= 11 is 0. The van der Waals surface area contributed by atoms with E-state index in [4.69, 9.17) is 0 Å². The Morgan fingerprint density at radius 2 is 1.80 bits per heavy atom. The highest BCUT2D eigenvalue weighted by atomic mass is 16.1. The fourth-order valence-corrected chi connectivity index (χ4v) is 7.56. The highest BCUT2D eigenvalue weighted by Gasteiger charge is 2.60. The van der Waals surface area contributed by atoms with Gasteiger partial charge in [0.25, 0.3) is 0 Å². The van der Waals surface area contributed by atoms with E-state index in [0.29, 0.717) is 35.5 Å². The van der Waals surface area contributed by atoms with Crippen molar-refractivity contribution in [2.24, 2.45) is 34.5 Å². The molecule has 3 nitrogen and oxygen atoms in total. The highest BCUT2D eigenvalue weighted by molar-refractivity contribution is 6.13. The number of fused-ring (bicyclic) bond motifs is 5. The molecule has 0 saturated heterocycles. The molecular formula is C22H30O3. The lowest BCUT2D eigenvalue weighted by atomic mass is 9.46. The van der Waals surface area contributed by atoms with E-state index in [9.17, 15) is 14.4 Å². The molecule has 0 spiro atoms. The van der Waals surface area contributed by atoms with Crippen LogP contribution in [0, 0.1) is 34.5 Å². The van der Waals surface area contributed by atoms with E-state index in [1.54, 1.807) is 6.92 Å². The number of hydrogen-bond acceptors (Lipinski definition) is 3. The first-order valence-electron chi connectivity index (χ1n) is 10.1. The predicted octanol–water partition coefficient (Wildman–Crippen LogP) is 4.29. The summed E-state index contributed by atoms with van der Waals surface area (Å²) in [5.74, 6) is 2.52. The van der Waals surface area contributed by atoms with Gasteiger partial charge in [-0.15, -0.1) is 0 Å². The number of ketones is 2. The van der Waals surface area contributed by atoms with Crippen molar-refractivity contribution in [2.45, 2.75) is 72.1 Å². The molecule has 4 aliphatic carbocycles. The molecule has 6 atom stereocenters. The van der Waals surface area contributed by atoms with Gasteiger partial charge in [0.1, 0.15) is 5.78 Å². The Bertz CT molecular complexity index is 675. The fraction of sp³-hybridized carbons (Fsp3) is 0.773. The van der Waals surface area contributed by atoms with Crippen LogP contribution in [0.25, 0.3) is 0 Å². The van der Waals surface area contributed by atoms with Crippen LogP contribution in [-0.4, -0.2) is 17.9 Å². The summed E-state index contributed by atoms with van der Waals surface area (Å²) < 4.78 is 0. The second-order valence-electron chi connectivity index (χ2n) is 9.55. The minimum Gasteiger partial charge on any atom is -0.300 e. The van der Waals surface area contributed by atoms with Crippen molar-refractivity contribution < 1.29 is 14.4 Å². The number of carbonyl (C=O) groups excluding carboxylic acids is 3. The predicted molar refractivity (Wildman–Crippen MR) is 95.9 cm³/mol. The van der Waals surface area contributed by atoms with Crippen molar-refractivity contribution in [1.82, 2.24) is 0 Å². The van der Waals surface area contributed by atoms with Gasteiger partial charge in [-0.2, -0.15) is 0 Å². The van der Waals surface area contributed by atoms with Crippen LogP contribution in [0.15, 0.2) is 11.1 Å². The summed E-state index contributed by atoms with van der Waals surface area (Å²) in [6.45, 7) is 6.45. The summed E-state index contributed by atoms with van der Waals surface area (Å²) in [7, 11) is 0. The van der Waals surface area contributed by atoms with Gasteiger partial charge >= 0.3 is 0 Å². The van der Waals surface area contributed by atoms with Crippen LogP contribution in [0.1, 0.15) is 72.1 Å². The van der Waals surface area contributed by atoms with Gasteiger partial charge in [-0.05, 0) is 86.0 Å². The number of rotatable bonds is 2. The Labute approximate surface area is 150 Å². The zero-order chi connectivity index (χ0) is 18.0. The molecular weight excluding hydrogens is 312 g/mol. The number of carbonyl (C=O) groups is 3. The molecule has 3 fully saturated rings. The lowest BCUT2D eigenvalue weighted by molar-refractivity contribution is -0.129. The van der Waals surface area contributed by atoms with Gasteiger partial charge in [-0.3, -0.25) is 14.4 Å². The molecule has 3 saturated carbocycles. The molecule has 0 aliphatic heterocycles. The molecule has 0 aromatic carbocycles. The van der Waals surface area contributed by atoms with Crippen molar-refractivity contribution in [2.75, 3.05) is 0 Å². The van der Waals surface area contributed by atoms with E-state index >= 15 is 0 Å². The molecule has 0 heterocycles. The van der Waals surface area contributed by atoms with Crippen molar-refractivity contribution in [3.63, 3.8) is 0 Å². The summed E-state index contributed by atoms with van der Waals surface area (Å²) in [4.78, 5) is 36.0. The third-order valence-electron chi connectivity index (χ3n) is 8.78. The van der Waals surface area contributed by atoms with E-state index in [1.165, 1.54) is 6.42 Å². The van der Waals surface area contributed by atoms with Crippen LogP contribution in [-0.2, 0) is 14.4 Å². The first kappa shape index (κ1) is 17.2. The molecule has 0 N–H and O–H groups in total. The van der Waals surface area contributed by atoms with E-state index in [2.05, 4.69) is 13.8 Å². The zero-order valence-corrected chi connectivity index (χ0v) is 15.8. The van der Waals surface area contributed by atoms with Crippen molar-refractivity contribution in [3.05, 3.63) is 11.1 Å². The molecule has 25 heavy (non-hydrogen) atoms. The number of Topliss-reactive ketones (excluding diaryl/α,β-unsaturated/α-hetero) is 2. The van der Waals surface area contributed by atoms with Crippen LogP contribution in [0.2, 0.25) is 0 Å². The molecule has 136 valence electrons. The topological polar surface area (TPSA) is 51.2 Å². The van der Waals surface area contributed by atoms with Crippen LogP contribution in [0.5, 0.6) is 0 Å². The highest BCUT2D eigenvalue weighted by Crippen LogP contribution is 2.67. The molecule has 0 amide bonds. The molecule has 0 unspecified atom stereocenters. The summed E-state index contributed by atoms with van der Waals surface area (Å²) in [5, 5.41) is 0. The van der Waals surface area contributed by atoms with Gasteiger partial charge in [-0.1, -0.05) is 13.8 Å². The van der Waals surface area contributed by atoms with Crippen molar-refractivity contribution in [3.8, 4) is 0 Å². The van der Waals surface area contributed by atoms with E-state index in [-0.39, 0.29) is 22.5 Å². The average molecular weight is 342 g/mol. The van der Waals surface area contributed by atoms with Gasteiger partial charge in [0, 0.05) is 12.3 Å². The second-order valence-corrected chi connectivity index (χ2v) is 9.55. The minimum atomic E-state index is 0.0166. The quantitative estimate of drug-likeness (QED) is 0.555. The maximum Gasteiger partial charge on any atom is 0.166 e. The van der Waals surface area contributed by atoms with Crippen LogP contribution in [0.4, 0.5) is 0 Å². The van der Waals surface area contributed by atoms with E-state index in [0.717, 1.165) is 50.4 Å². The Morgan fingerprint density at radius 3 is 2.48 bits per heavy atom. The van der Waals surface area contributed by atoms with Gasteiger partial charge in [0.15, 0.2) is 12.1 Å². The van der Waals surface area contributed by atoms with Gasteiger partial charge < -0.3 is 0 Å². The molecule has 4 aliphatic rings. The number of aldehydes is 1. The van der Waals surface area contributed by atoms with Gasteiger partial charge in [0.05, 0.1) is 5.57 Å². The third-order valence-corrected chi connectivity index (χ3v) is 8.78. The zero-order valence-electron chi connectivity index (χ0n) is 15.8. The number of allylic oxidation sites excluding steroid dienone is 1. The summed E-state index contributed by atoms with van der Waals surface area (Å²) in [6.07, 6.45) is 8.73. The monoisotopic (exact) mass is 342 g/mol. The lowest BCUT2D eigenvalue weighted by Crippen LogP contribution is -2.51. The number of hydrogen-bond donors (Lipinski definition) is 0. The maximum absolute atomic E-state index is 12.2. The van der Waals surface area contributed by atoms with Gasteiger partial charge in [0.2, 0.25) is 0 Å². The molecule has 0 aromatic heterocycles. The first-order valence-corrected chi connectivity index (χ1v) is 10.1. The van der Waals surface area contributed by atoms with Crippen LogP contribution < -0.4 is 0 Å². The Kier molecular flexibility index (Phi) is 3.86. The minimum absolute atomic E-state index is 0.0166. The van der Waals surface area contributed by atoms with Gasteiger partial charge in [-0.25, -0.2) is 0 Å². The SMILES string of the molecule is CC(=O)[C@H]1CC[C@H]2[C@@H]3CCC4=C(C=O)C(=O)CC[C@]4(C)[C@H]3CC[C@]12C. The summed E-state index contributed by atoms with van der Waals surface area (Å²) in [6, 6.07) is 0. The van der Waals surface area contributed by atoms with E-state index in [1.807, 2.05) is 0 Å². The Morgan fingerprint density at radius 1 is 1.04 bits per heavy atom. The summed E-state index contributed by atoms with van der Waals surface area (Å²) in [5.41, 5.74) is 1.84. The normalized spacial score (nSPS) is 46.3. The van der Waals surface area contributed by atoms with Crippen LogP contribution in [0.3, 0.4) is 0 Å². The first-order chi connectivity index (χ1) is 11.8. The molecule has 4 rings (SSSR count). The fourth-order valence-electron chi connectivity index (χ4n) is 7.56. The smallest absolute Gasteiger partial charge is 0.166 e. The van der Waals surface area contributed by atoms with Crippen LogP contribution >= 0.6 is 0 Å². The Balaban J connectivity index is 1.71. The van der Waals surface area contributed by atoms with Crippen molar-refractivity contribution >= 4 is 17.9 Å². The standard InChI is InChI=1S/C22H30O3/c1-13(24)16-6-7-17-14-4-5-18-15(12-23)20(25)9-11-22(18,3)19(14)8-10-21(16,17)2/h12,14,16-17,19H,4-11H2,1-3H3/t14-,16+,17-,19-,21+,22-/m0/s1. The average Bonchev–Trinajstić information content (AvgIpc) is 2.93. The second kappa shape index (κ2) is 5.62. The van der Waals surface area contributed by atoms with Crippen molar-refractivity contribution in [1.29, 1.82) is 0 Å². The molecule has 3 heteroatoms. The molecule has 0 aromatic rings. The Hall–Kier alpha value is -1.25. The lowest BCUT2D eigenvalue weighted by Gasteiger charge is -2.58. The maximum atomic E-state index is 12.2.